The predicted octanol–water partition coefficient (Wildman–Crippen LogP) is 4.28. The number of nitrogens with zero attached hydrogens (tertiary/aromatic N) is 1. The molecular weight excluding hydrogens is 236 g/mol. The van der Waals surface area contributed by atoms with Gasteiger partial charge >= 0.3 is 0 Å². The van der Waals surface area contributed by atoms with E-state index in [0.29, 0.717) is 17.5 Å². The topological polar surface area (TPSA) is 48.1 Å². The van der Waals surface area contributed by atoms with Gasteiger partial charge in [-0.2, -0.15) is 0 Å². The van der Waals surface area contributed by atoms with Gasteiger partial charge in [0.1, 0.15) is 5.75 Å². The molecule has 2 rings (SSSR count). The second-order valence-electron chi connectivity index (χ2n) is 4.89. The molecule has 2 N–H and O–H groups in total. The number of hydrogen-bond acceptors (Lipinski definition) is 3. The Kier molecular flexibility index (Phi) is 4.05. The van der Waals surface area contributed by atoms with Crippen LogP contribution in [-0.2, 0) is 0 Å². The number of nitrogen functional groups attached to an aromatic ring is 1. The maximum atomic E-state index is 5.88. The minimum absolute atomic E-state index is 0.460. The first-order valence-electron chi connectivity index (χ1n) is 6.60. The Balaban J connectivity index is 2.15. The van der Waals surface area contributed by atoms with Gasteiger partial charge in [0.15, 0.2) is 0 Å². The monoisotopic (exact) mass is 256 g/mol. The number of anilines is 1. The van der Waals surface area contributed by atoms with Crippen LogP contribution in [0.25, 0.3) is 0 Å². The van der Waals surface area contributed by atoms with E-state index in [1.54, 1.807) is 6.20 Å². The predicted molar refractivity (Wildman–Crippen MR) is 78.6 cm³/mol. The van der Waals surface area contributed by atoms with E-state index in [9.17, 15) is 0 Å². The van der Waals surface area contributed by atoms with E-state index in [4.69, 9.17) is 10.5 Å². The number of ether oxygens (including phenoxy) is 1. The number of nitrogens with two attached hydrogens (primary N) is 1. The van der Waals surface area contributed by atoms with Gasteiger partial charge in [0.05, 0.1) is 5.69 Å². The summed E-state index contributed by atoms with van der Waals surface area (Å²) in [5.74, 6) is 1.79. The summed E-state index contributed by atoms with van der Waals surface area (Å²) in [7, 11) is 0. The molecule has 0 saturated heterocycles. The fraction of sp³-hybridized carbons (Fsp3) is 0.312. The first-order chi connectivity index (χ1) is 9.10. The largest absolute Gasteiger partial charge is 0.437 e. The summed E-state index contributed by atoms with van der Waals surface area (Å²) < 4.78 is 5.70. The zero-order valence-electron chi connectivity index (χ0n) is 11.7. The molecule has 100 valence electrons. The molecule has 2 aromatic rings. The highest BCUT2D eigenvalue weighted by atomic mass is 16.5. The molecule has 0 aliphatic heterocycles. The van der Waals surface area contributed by atoms with Crippen LogP contribution >= 0.6 is 0 Å². The third kappa shape index (κ3) is 3.25. The van der Waals surface area contributed by atoms with Crippen LogP contribution in [0.15, 0.2) is 36.5 Å². The van der Waals surface area contributed by atoms with Crippen LogP contribution in [0, 0.1) is 6.92 Å². The Bertz CT molecular complexity index is 549. The standard InChI is InChI=1S/C16H20N2O/c1-4-12(3)13-5-7-14(8-6-13)19-16-15(17)9-11(2)10-18-16/h5-10,12H,4,17H2,1-3H3. The summed E-state index contributed by atoms with van der Waals surface area (Å²) in [5, 5.41) is 0. The highest BCUT2D eigenvalue weighted by molar-refractivity contribution is 5.50. The van der Waals surface area contributed by atoms with Crippen molar-refractivity contribution in [1.82, 2.24) is 4.98 Å². The zero-order valence-corrected chi connectivity index (χ0v) is 11.7. The van der Waals surface area contributed by atoms with Crippen molar-refractivity contribution in [3.05, 3.63) is 47.7 Å². The van der Waals surface area contributed by atoms with Crippen molar-refractivity contribution in [3.63, 3.8) is 0 Å². The van der Waals surface area contributed by atoms with Crippen LogP contribution in [0.3, 0.4) is 0 Å². The van der Waals surface area contributed by atoms with E-state index in [-0.39, 0.29) is 0 Å². The SMILES string of the molecule is CCC(C)c1ccc(Oc2ncc(C)cc2N)cc1. The molecule has 0 aliphatic carbocycles. The van der Waals surface area contributed by atoms with Gasteiger partial charge in [0, 0.05) is 6.20 Å². The molecule has 1 aromatic carbocycles. The number of benzene rings is 1. The lowest BCUT2D eigenvalue weighted by atomic mass is 9.99. The van der Waals surface area contributed by atoms with Gasteiger partial charge in [0.25, 0.3) is 0 Å². The van der Waals surface area contributed by atoms with Crippen LogP contribution in [0.5, 0.6) is 11.6 Å². The number of aryl methyl sites for hydroxylation is 1. The second kappa shape index (κ2) is 5.74. The van der Waals surface area contributed by atoms with Crippen LogP contribution in [0.1, 0.15) is 37.3 Å². The van der Waals surface area contributed by atoms with Crippen LogP contribution in [-0.4, -0.2) is 4.98 Å². The maximum absolute atomic E-state index is 5.88. The number of hydrogen-bond donors (Lipinski definition) is 1. The molecule has 0 bridgehead atoms. The highest BCUT2D eigenvalue weighted by Gasteiger charge is 2.06. The van der Waals surface area contributed by atoms with Gasteiger partial charge in [-0.1, -0.05) is 26.0 Å². The summed E-state index contributed by atoms with van der Waals surface area (Å²) in [4.78, 5) is 4.20. The fourth-order valence-electron chi connectivity index (χ4n) is 1.88. The van der Waals surface area contributed by atoms with E-state index in [1.165, 1.54) is 5.56 Å². The van der Waals surface area contributed by atoms with Crippen molar-refractivity contribution in [1.29, 1.82) is 0 Å². The Morgan fingerprint density at radius 2 is 1.95 bits per heavy atom. The lowest BCUT2D eigenvalue weighted by Crippen LogP contribution is -1.96. The summed E-state index contributed by atoms with van der Waals surface area (Å²) in [6.45, 7) is 6.36. The molecule has 0 amide bonds. The average Bonchev–Trinajstić information content (AvgIpc) is 2.42. The molecule has 3 nitrogen and oxygen atoms in total. The molecular formula is C16H20N2O. The van der Waals surface area contributed by atoms with E-state index in [1.807, 2.05) is 25.1 Å². The minimum atomic E-state index is 0.460. The normalized spacial score (nSPS) is 12.2. The quantitative estimate of drug-likeness (QED) is 0.888. The van der Waals surface area contributed by atoms with Gasteiger partial charge in [-0.15, -0.1) is 0 Å². The van der Waals surface area contributed by atoms with Crippen LogP contribution < -0.4 is 10.5 Å². The van der Waals surface area contributed by atoms with E-state index < -0.39 is 0 Å². The van der Waals surface area contributed by atoms with Crippen LogP contribution in [0.2, 0.25) is 0 Å². The van der Waals surface area contributed by atoms with E-state index in [0.717, 1.165) is 17.7 Å². The summed E-state index contributed by atoms with van der Waals surface area (Å²) in [6.07, 6.45) is 2.88. The zero-order chi connectivity index (χ0) is 13.8. The van der Waals surface area contributed by atoms with Gasteiger partial charge in [-0.3, -0.25) is 0 Å². The van der Waals surface area contributed by atoms with E-state index in [2.05, 4.69) is 31.0 Å². The molecule has 0 radical (unpaired) electrons. The Morgan fingerprint density at radius 3 is 2.53 bits per heavy atom. The fourth-order valence-corrected chi connectivity index (χ4v) is 1.88. The van der Waals surface area contributed by atoms with Crippen molar-refractivity contribution >= 4 is 5.69 Å². The third-order valence-electron chi connectivity index (χ3n) is 3.29. The Hall–Kier alpha value is -2.03. The van der Waals surface area contributed by atoms with Gasteiger partial charge in [0.2, 0.25) is 5.88 Å². The first kappa shape index (κ1) is 13.4. The summed E-state index contributed by atoms with van der Waals surface area (Å²) >= 11 is 0. The molecule has 19 heavy (non-hydrogen) atoms. The van der Waals surface area contributed by atoms with Gasteiger partial charge < -0.3 is 10.5 Å². The molecule has 1 heterocycles. The molecule has 0 spiro atoms. The number of aromatic nitrogens is 1. The van der Waals surface area contributed by atoms with Crippen molar-refractivity contribution in [2.24, 2.45) is 0 Å². The Morgan fingerprint density at radius 1 is 1.26 bits per heavy atom. The lowest BCUT2D eigenvalue weighted by molar-refractivity contribution is 0.465. The molecule has 0 saturated carbocycles. The molecule has 1 unspecified atom stereocenters. The van der Waals surface area contributed by atoms with E-state index >= 15 is 0 Å². The highest BCUT2D eigenvalue weighted by Crippen LogP contribution is 2.27. The summed E-state index contributed by atoms with van der Waals surface area (Å²) in [6, 6.07) is 9.96. The second-order valence-corrected chi connectivity index (χ2v) is 4.89. The van der Waals surface area contributed by atoms with Crippen molar-refractivity contribution in [3.8, 4) is 11.6 Å². The smallest absolute Gasteiger partial charge is 0.242 e. The minimum Gasteiger partial charge on any atom is -0.437 e. The van der Waals surface area contributed by atoms with Crippen molar-refractivity contribution < 1.29 is 4.74 Å². The molecule has 0 aliphatic rings. The van der Waals surface area contributed by atoms with Crippen LogP contribution in [0.4, 0.5) is 5.69 Å². The number of pyridine rings is 1. The number of rotatable bonds is 4. The maximum Gasteiger partial charge on any atom is 0.242 e. The summed E-state index contributed by atoms with van der Waals surface area (Å²) in [5.41, 5.74) is 8.79. The van der Waals surface area contributed by atoms with Gasteiger partial charge in [-0.25, -0.2) is 4.98 Å². The van der Waals surface area contributed by atoms with Crippen molar-refractivity contribution in [2.75, 3.05) is 5.73 Å². The lowest BCUT2D eigenvalue weighted by Gasteiger charge is -2.11. The van der Waals surface area contributed by atoms with Gasteiger partial charge in [-0.05, 0) is 48.6 Å². The molecule has 1 atom stereocenters. The molecule has 1 aromatic heterocycles. The average molecular weight is 256 g/mol. The molecule has 3 heteroatoms. The first-order valence-corrected chi connectivity index (χ1v) is 6.60. The Labute approximate surface area is 114 Å². The molecule has 0 fully saturated rings. The third-order valence-corrected chi connectivity index (χ3v) is 3.29. The van der Waals surface area contributed by atoms with Crippen molar-refractivity contribution in [2.45, 2.75) is 33.1 Å².